The largest absolute Gasteiger partial charge is 0.321 e. The highest BCUT2D eigenvalue weighted by Crippen LogP contribution is 2.28. The van der Waals surface area contributed by atoms with Crippen LogP contribution < -0.4 is 5.32 Å². The second-order valence-corrected chi connectivity index (χ2v) is 5.57. The molecule has 0 saturated heterocycles. The lowest BCUT2D eigenvalue weighted by molar-refractivity contribution is 0.102. The van der Waals surface area contributed by atoms with Crippen LogP contribution in [0.3, 0.4) is 0 Å². The Balaban J connectivity index is 1.88. The molecule has 0 unspecified atom stereocenters. The van der Waals surface area contributed by atoms with Crippen molar-refractivity contribution in [1.82, 2.24) is 4.98 Å². The van der Waals surface area contributed by atoms with Gasteiger partial charge in [-0.2, -0.15) is 0 Å². The number of thiazole rings is 1. The van der Waals surface area contributed by atoms with Crippen molar-refractivity contribution in [3.63, 3.8) is 0 Å². The molecule has 21 heavy (non-hydrogen) atoms. The van der Waals surface area contributed by atoms with Crippen LogP contribution in [-0.2, 0) is 0 Å². The van der Waals surface area contributed by atoms with Crippen LogP contribution >= 0.6 is 11.3 Å². The minimum atomic E-state index is -0.180. The zero-order valence-corrected chi connectivity index (χ0v) is 12.4. The van der Waals surface area contributed by atoms with E-state index in [2.05, 4.69) is 10.3 Å². The van der Waals surface area contributed by atoms with Gasteiger partial charge < -0.3 is 5.32 Å². The van der Waals surface area contributed by atoms with Gasteiger partial charge in [0.15, 0.2) is 0 Å². The van der Waals surface area contributed by atoms with Crippen molar-refractivity contribution in [3.05, 3.63) is 71.4 Å². The van der Waals surface area contributed by atoms with E-state index < -0.39 is 0 Å². The Morgan fingerprint density at radius 2 is 1.90 bits per heavy atom. The van der Waals surface area contributed by atoms with Crippen LogP contribution in [0.15, 0.2) is 60.1 Å². The molecule has 104 valence electrons. The molecule has 0 aliphatic carbocycles. The molecule has 3 rings (SSSR count). The molecule has 0 atom stereocenters. The molecular formula is C17H14N2OS. The Hall–Kier alpha value is -2.46. The monoisotopic (exact) mass is 294 g/mol. The van der Waals surface area contributed by atoms with Crippen molar-refractivity contribution in [1.29, 1.82) is 0 Å². The molecule has 3 nitrogen and oxygen atoms in total. The quantitative estimate of drug-likeness (QED) is 0.779. The standard InChI is InChI=1S/C17H14N2OS/c1-12-6-5-9-14(10-12)19-17(20)15-16(21-11-18-15)13-7-3-2-4-8-13/h2-11H,1H3,(H,19,20). The van der Waals surface area contributed by atoms with Crippen LogP contribution in [0.2, 0.25) is 0 Å². The first kappa shape index (κ1) is 13.5. The van der Waals surface area contributed by atoms with Gasteiger partial charge in [0.25, 0.3) is 5.91 Å². The number of carbonyl (C=O) groups excluding carboxylic acids is 1. The summed E-state index contributed by atoms with van der Waals surface area (Å²) in [6, 6.07) is 17.6. The highest BCUT2D eigenvalue weighted by molar-refractivity contribution is 7.13. The average Bonchev–Trinajstić information content (AvgIpc) is 2.98. The van der Waals surface area contributed by atoms with Crippen LogP contribution in [0.4, 0.5) is 5.69 Å². The van der Waals surface area contributed by atoms with Crippen molar-refractivity contribution in [3.8, 4) is 10.4 Å². The van der Waals surface area contributed by atoms with Gasteiger partial charge >= 0.3 is 0 Å². The summed E-state index contributed by atoms with van der Waals surface area (Å²) in [5, 5.41) is 2.90. The SMILES string of the molecule is Cc1cccc(NC(=O)c2ncsc2-c2ccccc2)c1. The Kier molecular flexibility index (Phi) is 3.79. The number of carbonyl (C=O) groups is 1. The molecule has 1 heterocycles. The fraction of sp³-hybridized carbons (Fsp3) is 0.0588. The lowest BCUT2D eigenvalue weighted by atomic mass is 10.1. The molecule has 2 aromatic carbocycles. The maximum Gasteiger partial charge on any atom is 0.275 e. The van der Waals surface area contributed by atoms with Gasteiger partial charge in [-0.25, -0.2) is 4.98 Å². The Bertz CT molecular complexity index is 765. The van der Waals surface area contributed by atoms with E-state index >= 15 is 0 Å². The minimum Gasteiger partial charge on any atom is -0.321 e. The van der Waals surface area contributed by atoms with Gasteiger partial charge in [0.1, 0.15) is 5.69 Å². The molecule has 3 aromatic rings. The first-order valence-electron chi connectivity index (χ1n) is 6.61. The number of anilines is 1. The topological polar surface area (TPSA) is 42.0 Å². The van der Waals surface area contributed by atoms with Gasteiger partial charge in [-0.15, -0.1) is 11.3 Å². The number of rotatable bonds is 3. The summed E-state index contributed by atoms with van der Waals surface area (Å²) in [6.07, 6.45) is 0. The molecule has 0 aliphatic rings. The van der Waals surface area contributed by atoms with E-state index in [0.29, 0.717) is 5.69 Å². The minimum absolute atomic E-state index is 0.180. The van der Waals surface area contributed by atoms with E-state index in [1.165, 1.54) is 11.3 Å². The molecule has 0 bridgehead atoms. The highest BCUT2D eigenvalue weighted by Gasteiger charge is 2.16. The summed E-state index contributed by atoms with van der Waals surface area (Å²) >= 11 is 1.47. The second kappa shape index (κ2) is 5.89. The Labute approximate surface area is 127 Å². The zero-order chi connectivity index (χ0) is 14.7. The number of aryl methyl sites for hydroxylation is 1. The molecule has 0 spiro atoms. The van der Waals surface area contributed by atoms with E-state index in [0.717, 1.165) is 21.7 Å². The Morgan fingerprint density at radius 3 is 2.67 bits per heavy atom. The molecule has 0 aliphatic heterocycles. The first-order valence-corrected chi connectivity index (χ1v) is 7.49. The Morgan fingerprint density at radius 1 is 1.10 bits per heavy atom. The van der Waals surface area contributed by atoms with Crippen molar-refractivity contribution in [2.24, 2.45) is 0 Å². The predicted molar refractivity (Wildman–Crippen MR) is 86.7 cm³/mol. The fourth-order valence-electron chi connectivity index (χ4n) is 2.12. The third kappa shape index (κ3) is 3.01. The van der Waals surface area contributed by atoms with Crippen molar-refractivity contribution in [2.45, 2.75) is 6.92 Å². The smallest absolute Gasteiger partial charge is 0.275 e. The lowest BCUT2D eigenvalue weighted by Gasteiger charge is -2.06. The van der Waals surface area contributed by atoms with Crippen LogP contribution in [-0.4, -0.2) is 10.9 Å². The van der Waals surface area contributed by atoms with Crippen LogP contribution in [0.25, 0.3) is 10.4 Å². The lowest BCUT2D eigenvalue weighted by Crippen LogP contribution is -2.13. The molecule has 1 amide bonds. The molecule has 1 aromatic heterocycles. The number of amides is 1. The van der Waals surface area contributed by atoms with Crippen molar-refractivity contribution in [2.75, 3.05) is 5.32 Å². The van der Waals surface area contributed by atoms with E-state index in [1.54, 1.807) is 5.51 Å². The van der Waals surface area contributed by atoms with E-state index in [-0.39, 0.29) is 5.91 Å². The molecule has 0 radical (unpaired) electrons. The summed E-state index contributed by atoms with van der Waals surface area (Å²) in [5.74, 6) is -0.180. The summed E-state index contributed by atoms with van der Waals surface area (Å²) in [6.45, 7) is 1.99. The van der Waals surface area contributed by atoms with Crippen LogP contribution in [0.1, 0.15) is 16.1 Å². The van der Waals surface area contributed by atoms with Gasteiger partial charge in [0, 0.05) is 5.69 Å². The van der Waals surface area contributed by atoms with Crippen LogP contribution in [0.5, 0.6) is 0 Å². The maximum atomic E-state index is 12.4. The predicted octanol–water partition coefficient (Wildman–Crippen LogP) is 4.37. The van der Waals surface area contributed by atoms with Gasteiger partial charge in [-0.1, -0.05) is 42.5 Å². The number of hydrogen-bond donors (Lipinski definition) is 1. The van der Waals surface area contributed by atoms with Gasteiger partial charge in [0.05, 0.1) is 10.4 Å². The number of benzene rings is 2. The zero-order valence-electron chi connectivity index (χ0n) is 11.5. The number of hydrogen-bond acceptors (Lipinski definition) is 3. The molecule has 0 saturated carbocycles. The molecule has 0 fully saturated rings. The number of nitrogens with zero attached hydrogens (tertiary/aromatic N) is 1. The third-order valence-electron chi connectivity index (χ3n) is 3.09. The van der Waals surface area contributed by atoms with Gasteiger partial charge in [0.2, 0.25) is 0 Å². The number of nitrogens with one attached hydrogen (secondary N) is 1. The van der Waals surface area contributed by atoms with Crippen LogP contribution in [0, 0.1) is 6.92 Å². The summed E-state index contributed by atoms with van der Waals surface area (Å²) in [7, 11) is 0. The normalized spacial score (nSPS) is 10.3. The fourth-order valence-corrected chi connectivity index (χ4v) is 2.91. The molecule has 1 N–H and O–H groups in total. The first-order chi connectivity index (χ1) is 10.2. The highest BCUT2D eigenvalue weighted by atomic mass is 32.1. The van der Waals surface area contributed by atoms with Crippen molar-refractivity contribution < 1.29 is 4.79 Å². The molecule has 4 heteroatoms. The summed E-state index contributed by atoms with van der Waals surface area (Å²) < 4.78 is 0. The molecular weight excluding hydrogens is 280 g/mol. The summed E-state index contributed by atoms with van der Waals surface area (Å²) in [4.78, 5) is 17.5. The maximum absolute atomic E-state index is 12.4. The average molecular weight is 294 g/mol. The second-order valence-electron chi connectivity index (χ2n) is 4.72. The van der Waals surface area contributed by atoms with E-state index in [1.807, 2.05) is 61.5 Å². The summed E-state index contributed by atoms with van der Waals surface area (Å²) in [5.41, 5.74) is 5.07. The van der Waals surface area contributed by atoms with Gasteiger partial charge in [-0.05, 0) is 30.2 Å². The third-order valence-corrected chi connectivity index (χ3v) is 3.97. The van der Waals surface area contributed by atoms with E-state index in [4.69, 9.17) is 0 Å². The van der Waals surface area contributed by atoms with Crippen molar-refractivity contribution >= 4 is 22.9 Å². The van der Waals surface area contributed by atoms with E-state index in [9.17, 15) is 4.79 Å². The number of aromatic nitrogens is 1. The van der Waals surface area contributed by atoms with Gasteiger partial charge in [-0.3, -0.25) is 4.79 Å².